The van der Waals surface area contributed by atoms with Crippen molar-refractivity contribution in [2.24, 2.45) is 5.73 Å². The second-order valence-corrected chi connectivity index (χ2v) is 5.73. The van der Waals surface area contributed by atoms with Crippen LogP contribution in [0.5, 0.6) is 0 Å². The zero-order valence-corrected chi connectivity index (χ0v) is 13.3. The lowest BCUT2D eigenvalue weighted by Crippen LogP contribution is -1.97. The van der Waals surface area contributed by atoms with Crippen molar-refractivity contribution in [3.8, 4) is 0 Å². The van der Waals surface area contributed by atoms with E-state index in [1.165, 1.54) is 89.9 Å². The van der Waals surface area contributed by atoms with E-state index in [2.05, 4.69) is 19.1 Å². The fourth-order valence-corrected chi connectivity index (χ4v) is 2.39. The van der Waals surface area contributed by atoms with Gasteiger partial charge in [0.1, 0.15) is 0 Å². The maximum Gasteiger partial charge on any atom is -0.00773 e. The van der Waals surface area contributed by atoms with Crippen LogP contribution in [0.25, 0.3) is 0 Å². The third-order valence-electron chi connectivity index (χ3n) is 3.72. The van der Waals surface area contributed by atoms with Crippen molar-refractivity contribution in [1.29, 1.82) is 0 Å². The van der Waals surface area contributed by atoms with Crippen LogP contribution in [0.1, 0.15) is 96.8 Å². The zero-order chi connectivity index (χ0) is 14.0. The molecule has 0 fully saturated rings. The standard InChI is InChI=1S/C18H37N/c1-2-3-4-5-6-7-8-9-10-11-12-13-14-15-16-17-18-19/h10-11H,2-9,12-19H2,1H3/b11-10-. The molecule has 0 aliphatic carbocycles. The second-order valence-electron chi connectivity index (χ2n) is 5.73. The van der Waals surface area contributed by atoms with Crippen LogP contribution >= 0.6 is 0 Å². The van der Waals surface area contributed by atoms with Crippen molar-refractivity contribution in [3.63, 3.8) is 0 Å². The maximum atomic E-state index is 5.47. The third-order valence-corrected chi connectivity index (χ3v) is 3.72. The largest absolute Gasteiger partial charge is 0.330 e. The van der Waals surface area contributed by atoms with Crippen LogP contribution in [-0.2, 0) is 0 Å². The fraction of sp³-hybridized carbons (Fsp3) is 0.889. The zero-order valence-electron chi connectivity index (χ0n) is 13.3. The van der Waals surface area contributed by atoms with Gasteiger partial charge >= 0.3 is 0 Å². The predicted molar refractivity (Wildman–Crippen MR) is 88.5 cm³/mol. The summed E-state index contributed by atoms with van der Waals surface area (Å²) in [7, 11) is 0. The molecule has 0 saturated heterocycles. The molecule has 114 valence electrons. The van der Waals surface area contributed by atoms with Crippen molar-refractivity contribution in [2.75, 3.05) is 6.54 Å². The highest BCUT2D eigenvalue weighted by Gasteiger charge is 1.90. The van der Waals surface area contributed by atoms with E-state index in [0.717, 1.165) is 6.54 Å². The lowest BCUT2D eigenvalue weighted by Gasteiger charge is -1.99. The van der Waals surface area contributed by atoms with E-state index < -0.39 is 0 Å². The monoisotopic (exact) mass is 267 g/mol. The van der Waals surface area contributed by atoms with Gasteiger partial charge < -0.3 is 5.73 Å². The Morgan fingerprint density at radius 2 is 1.00 bits per heavy atom. The summed E-state index contributed by atoms with van der Waals surface area (Å²) in [6.07, 6.45) is 23.9. The van der Waals surface area contributed by atoms with Gasteiger partial charge in [0.2, 0.25) is 0 Å². The second kappa shape index (κ2) is 17.7. The van der Waals surface area contributed by atoms with Crippen molar-refractivity contribution in [2.45, 2.75) is 96.8 Å². The smallest absolute Gasteiger partial charge is 0.00773 e. The first-order valence-corrected chi connectivity index (χ1v) is 8.77. The van der Waals surface area contributed by atoms with Crippen LogP contribution in [0.15, 0.2) is 12.2 Å². The van der Waals surface area contributed by atoms with E-state index in [-0.39, 0.29) is 0 Å². The first kappa shape index (κ1) is 18.7. The van der Waals surface area contributed by atoms with Gasteiger partial charge in [-0.15, -0.1) is 0 Å². The molecule has 0 aromatic rings. The highest BCUT2D eigenvalue weighted by atomic mass is 14.5. The molecule has 0 atom stereocenters. The molecular formula is C18H37N. The van der Waals surface area contributed by atoms with Gasteiger partial charge in [-0.1, -0.05) is 76.9 Å². The third kappa shape index (κ3) is 17.7. The molecule has 19 heavy (non-hydrogen) atoms. The van der Waals surface area contributed by atoms with Crippen LogP contribution in [0, 0.1) is 0 Å². The quantitative estimate of drug-likeness (QED) is 0.286. The molecule has 0 spiro atoms. The van der Waals surface area contributed by atoms with E-state index in [9.17, 15) is 0 Å². The minimum atomic E-state index is 0.859. The topological polar surface area (TPSA) is 26.0 Å². The summed E-state index contributed by atoms with van der Waals surface area (Å²) in [4.78, 5) is 0. The van der Waals surface area contributed by atoms with E-state index in [0.29, 0.717) is 0 Å². The number of allylic oxidation sites excluding steroid dienone is 2. The lowest BCUT2D eigenvalue weighted by atomic mass is 10.1. The van der Waals surface area contributed by atoms with Crippen LogP contribution in [0.3, 0.4) is 0 Å². The number of rotatable bonds is 15. The lowest BCUT2D eigenvalue weighted by molar-refractivity contribution is 0.591. The average Bonchev–Trinajstić information content (AvgIpc) is 2.43. The number of hydrogen-bond donors (Lipinski definition) is 1. The Labute approximate surface area is 122 Å². The van der Waals surface area contributed by atoms with Crippen LogP contribution in [0.2, 0.25) is 0 Å². The summed E-state index contributed by atoms with van der Waals surface area (Å²) in [6.45, 7) is 3.14. The Kier molecular flexibility index (Phi) is 17.4. The minimum absolute atomic E-state index is 0.859. The fourth-order valence-electron chi connectivity index (χ4n) is 2.39. The molecule has 0 rings (SSSR count). The summed E-state index contributed by atoms with van der Waals surface area (Å²) < 4.78 is 0. The predicted octanol–water partition coefficient (Wildman–Crippen LogP) is 5.98. The SMILES string of the molecule is CCCCCCCCC/C=C\CCCCCCCN. The van der Waals surface area contributed by atoms with Crippen molar-refractivity contribution < 1.29 is 0 Å². The normalized spacial score (nSPS) is 11.5. The molecule has 0 saturated carbocycles. The Morgan fingerprint density at radius 3 is 1.47 bits per heavy atom. The van der Waals surface area contributed by atoms with Gasteiger partial charge in [-0.3, -0.25) is 0 Å². The van der Waals surface area contributed by atoms with Gasteiger partial charge in [-0.25, -0.2) is 0 Å². The number of unbranched alkanes of at least 4 members (excludes halogenated alkanes) is 12. The Morgan fingerprint density at radius 1 is 0.579 bits per heavy atom. The van der Waals surface area contributed by atoms with E-state index >= 15 is 0 Å². The van der Waals surface area contributed by atoms with E-state index in [1.807, 2.05) is 0 Å². The highest BCUT2D eigenvalue weighted by Crippen LogP contribution is 2.09. The van der Waals surface area contributed by atoms with Crippen LogP contribution in [0.4, 0.5) is 0 Å². The average molecular weight is 268 g/mol. The highest BCUT2D eigenvalue weighted by molar-refractivity contribution is 4.81. The van der Waals surface area contributed by atoms with Gasteiger partial charge in [0.15, 0.2) is 0 Å². The van der Waals surface area contributed by atoms with Crippen molar-refractivity contribution in [3.05, 3.63) is 12.2 Å². The summed E-state index contributed by atoms with van der Waals surface area (Å²) >= 11 is 0. The van der Waals surface area contributed by atoms with E-state index in [1.54, 1.807) is 0 Å². The summed E-state index contributed by atoms with van der Waals surface area (Å²) in [5, 5.41) is 0. The molecule has 0 aliphatic rings. The summed E-state index contributed by atoms with van der Waals surface area (Å²) in [6, 6.07) is 0. The molecule has 0 aromatic heterocycles. The number of hydrogen-bond acceptors (Lipinski definition) is 1. The Hall–Kier alpha value is -0.300. The molecule has 0 amide bonds. The Bertz CT molecular complexity index is 175. The van der Waals surface area contributed by atoms with E-state index in [4.69, 9.17) is 5.73 Å². The molecule has 2 N–H and O–H groups in total. The van der Waals surface area contributed by atoms with Gasteiger partial charge in [-0.2, -0.15) is 0 Å². The number of nitrogens with two attached hydrogens (primary N) is 1. The minimum Gasteiger partial charge on any atom is -0.330 e. The molecule has 0 aromatic carbocycles. The molecular weight excluding hydrogens is 230 g/mol. The van der Waals surface area contributed by atoms with Crippen molar-refractivity contribution in [1.82, 2.24) is 0 Å². The molecule has 0 aliphatic heterocycles. The molecule has 0 radical (unpaired) electrons. The molecule has 1 nitrogen and oxygen atoms in total. The van der Waals surface area contributed by atoms with Crippen LogP contribution < -0.4 is 5.73 Å². The first-order valence-electron chi connectivity index (χ1n) is 8.77. The molecule has 0 unspecified atom stereocenters. The van der Waals surface area contributed by atoms with Gasteiger partial charge in [-0.05, 0) is 38.6 Å². The van der Waals surface area contributed by atoms with Gasteiger partial charge in [0, 0.05) is 0 Å². The molecule has 0 heterocycles. The van der Waals surface area contributed by atoms with Crippen LogP contribution in [-0.4, -0.2) is 6.54 Å². The Balaban J connectivity index is 3.01. The summed E-state index contributed by atoms with van der Waals surface area (Å²) in [5.41, 5.74) is 5.47. The van der Waals surface area contributed by atoms with Gasteiger partial charge in [0.05, 0.1) is 0 Å². The maximum absolute atomic E-state index is 5.47. The summed E-state index contributed by atoms with van der Waals surface area (Å²) in [5.74, 6) is 0. The molecule has 0 bridgehead atoms. The van der Waals surface area contributed by atoms with Gasteiger partial charge in [0.25, 0.3) is 0 Å². The molecule has 1 heteroatoms. The van der Waals surface area contributed by atoms with Crippen molar-refractivity contribution >= 4 is 0 Å². The first-order chi connectivity index (χ1) is 9.41.